The maximum atomic E-state index is 12.4. The Bertz CT molecular complexity index is 579. The van der Waals surface area contributed by atoms with Crippen molar-refractivity contribution in [3.05, 3.63) is 34.3 Å². The second-order valence-electron chi connectivity index (χ2n) is 5.04. The zero-order chi connectivity index (χ0) is 15.6. The Labute approximate surface area is 131 Å². The molecule has 0 bridgehead atoms. The van der Waals surface area contributed by atoms with Crippen LogP contribution in [0.4, 0.5) is 4.79 Å². The molecule has 0 unspecified atom stereocenters. The number of benzene rings is 1. The number of amides is 3. The molecule has 112 valence electrons. The van der Waals surface area contributed by atoms with Gasteiger partial charge >= 0.3 is 6.03 Å². The number of Topliss-reactive ketones (excluding diaryl/α,β-unsaturated/α-hetero) is 1. The van der Waals surface area contributed by atoms with Crippen molar-refractivity contribution >= 4 is 33.7 Å². The van der Waals surface area contributed by atoms with E-state index in [0.29, 0.717) is 18.4 Å². The maximum Gasteiger partial charge on any atom is 0.325 e. The van der Waals surface area contributed by atoms with Crippen LogP contribution in [0.2, 0.25) is 0 Å². The molecule has 0 atom stereocenters. The summed E-state index contributed by atoms with van der Waals surface area (Å²) in [5.74, 6) is -0.572. The number of hydrogen-bond donors (Lipinski definition) is 1. The fourth-order valence-corrected chi connectivity index (χ4v) is 2.68. The Morgan fingerprint density at radius 2 is 1.76 bits per heavy atom. The largest absolute Gasteiger partial charge is 0.325 e. The fraction of sp³-hybridized carbons (Fsp3) is 0.400. The van der Waals surface area contributed by atoms with Crippen LogP contribution in [-0.4, -0.2) is 34.7 Å². The molecule has 1 fully saturated rings. The molecular weight excluding hydrogens is 336 g/mol. The number of hydrogen-bond acceptors (Lipinski definition) is 3. The standard InChI is InChI=1S/C15H17BrN2O3/c1-3-15(4-2)13(20)18(14(21)17-15)9-12(19)10-5-7-11(16)8-6-10/h5-8H,3-4,9H2,1-2H3,(H,17,21). The van der Waals surface area contributed by atoms with Crippen LogP contribution in [0.25, 0.3) is 0 Å². The van der Waals surface area contributed by atoms with Crippen molar-refractivity contribution in [3.63, 3.8) is 0 Å². The van der Waals surface area contributed by atoms with Crippen LogP contribution in [0.1, 0.15) is 37.0 Å². The zero-order valence-corrected chi connectivity index (χ0v) is 13.6. The summed E-state index contributed by atoms with van der Waals surface area (Å²) in [5.41, 5.74) is -0.388. The van der Waals surface area contributed by atoms with Gasteiger partial charge in [0.05, 0.1) is 6.54 Å². The van der Waals surface area contributed by atoms with Crippen LogP contribution in [-0.2, 0) is 4.79 Å². The van der Waals surface area contributed by atoms with E-state index in [1.807, 2.05) is 13.8 Å². The molecule has 0 radical (unpaired) electrons. The quantitative estimate of drug-likeness (QED) is 0.654. The number of nitrogens with one attached hydrogen (secondary N) is 1. The van der Waals surface area contributed by atoms with Crippen molar-refractivity contribution < 1.29 is 14.4 Å². The molecule has 21 heavy (non-hydrogen) atoms. The SMILES string of the molecule is CCC1(CC)NC(=O)N(CC(=O)c2ccc(Br)cc2)C1=O. The van der Waals surface area contributed by atoms with E-state index in [1.54, 1.807) is 24.3 Å². The van der Waals surface area contributed by atoms with Gasteiger partial charge in [-0.15, -0.1) is 0 Å². The molecule has 1 aliphatic heterocycles. The van der Waals surface area contributed by atoms with Crippen LogP contribution < -0.4 is 5.32 Å². The Hall–Kier alpha value is -1.69. The second kappa shape index (κ2) is 5.97. The van der Waals surface area contributed by atoms with Crippen LogP contribution in [0.3, 0.4) is 0 Å². The van der Waals surface area contributed by atoms with Crippen LogP contribution in [0, 0.1) is 0 Å². The summed E-state index contributed by atoms with van der Waals surface area (Å²) in [5, 5.41) is 2.71. The lowest BCUT2D eigenvalue weighted by Gasteiger charge is -2.22. The minimum Gasteiger partial charge on any atom is -0.323 e. The number of nitrogens with zero attached hydrogens (tertiary/aromatic N) is 1. The molecule has 0 spiro atoms. The van der Waals surface area contributed by atoms with Crippen molar-refractivity contribution in [2.24, 2.45) is 0 Å². The first-order chi connectivity index (χ1) is 9.93. The molecule has 1 aliphatic rings. The summed E-state index contributed by atoms with van der Waals surface area (Å²) in [6, 6.07) is 6.34. The second-order valence-corrected chi connectivity index (χ2v) is 5.96. The smallest absolute Gasteiger partial charge is 0.323 e. The minimum atomic E-state index is -0.864. The van der Waals surface area contributed by atoms with Crippen molar-refractivity contribution in [3.8, 4) is 0 Å². The number of rotatable bonds is 5. The van der Waals surface area contributed by atoms with E-state index in [9.17, 15) is 14.4 Å². The third-order valence-electron chi connectivity index (χ3n) is 3.92. The lowest BCUT2D eigenvalue weighted by atomic mass is 9.93. The number of carbonyl (C=O) groups excluding carboxylic acids is 3. The highest BCUT2D eigenvalue weighted by atomic mass is 79.9. The summed E-state index contributed by atoms with van der Waals surface area (Å²) in [6.07, 6.45) is 1.02. The molecule has 1 N–H and O–H groups in total. The Morgan fingerprint density at radius 1 is 1.19 bits per heavy atom. The third-order valence-corrected chi connectivity index (χ3v) is 4.45. The number of urea groups is 1. The highest BCUT2D eigenvalue weighted by Gasteiger charge is 2.49. The van der Waals surface area contributed by atoms with Gasteiger partial charge < -0.3 is 5.32 Å². The number of carbonyl (C=O) groups is 3. The molecule has 3 amide bonds. The third kappa shape index (κ3) is 2.85. The predicted octanol–water partition coefficient (Wildman–Crippen LogP) is 2.74. The molecule has 0 saturated carbocycles. The van der Waals surface area contributed by atoms with Crippen LogP contribution in [0.15, 0.2) is 28.7 Å². The average molecular weight is 353 g/mol. The Balaban J connectivity index is 2.16. The van der Waals surface area contributed by atoms with E-state index in [2.05, 4.69) is 21.2 Å². The van der Waals surface area contributed by atoms with Crippen molar-refractivity contribution in [2.75, 3.05) is 6.54 Å². The number of halogens is 1. The first kappa shape index (κ1) is 15.7. The van der Waals surface area contributed by atoms with Gasteiger partial charge in [0.15, 0.2) is 5.78 Å². The lowest BCUT2D eigenvalue weighted by Crippen LogP contribution is -2.46. The monoisotopic (exact) mass is 352 g/mol. The van der Waals surface area contributed by atoms with Gasteiger partial charge in [0, 0.05) is 10.0 Å². The van der Waals surface area contributed by atoms with E-state index in [1.165, 1.54) is 0 Å². The first-order valence-electron chi connectivity index (χ1n) is 6.86. The van der Waals surface area contributed by atoms with Crippen LogP contribution >= 0.6 is 15.9 Å². The molecular formula is C15H17BrN2O3. The Morgan fingerprint density at radius 3 is 2.24 bits per heavy atom. The molecule has 1 aromatic carbocycles. The summed E-state index contributed by atoms with van der Waals surface area (Å²) in [6.45, 7) is 3.47. The zero-order valence-electron chi connectivity index (χ0n) is 12.0. The highest BCUT2D eigenvalue weighted by Crippen LogP contribution is 2.25. The van der Waals surface area contributed by atoms with Crippen LogP contribution in [0.5, 0.6) is 0 Å². The fourth-order valence-electron chi connectivity index (χ4n) is 2.42. The molecule has 5 nitrogen and oxygen atoms in total. The van der Waals surface area contributed by atoms with Gasteiger partial charge in [-0.25, -0.2) is 4.79 Å². The van der Waals surface area contributed by atoms with Crippen molar-refractivity contribution in [2.45, 2.75) is 32.2 Å². The van der Waals surface area contributed by atoms with E-state index >= 15 is 0 Å². The molecule has 0 aromatic heterocycles. The number of ketones is 1. The normalized spacial score (nSPS) is 17.0. The molecule has 1 saturated heterocycles. The molecule has 6 heteroatoms. The van der Waals surface area contributed by atoms with Gasteiger partial charge in [0.2, 0.25) is 0 Å². The van der Waals surface area contributed by atoms with E-state index in [-0.39, 0.29) is 18.2 Å². The van der Waals surface area contributed by atoms with Gasteiger partial charge in [-0.1, -0.05) is 41.9 Å². The van der Waals surface area contributed by atoms with Crippen molar-refractivity contribution in [1.82, 2.24) is 10.2 Å². The molecule has 1 heterocycles. The van der Waals surface area contributed by atoms with Gasteiger partial charge in [-0.3, -0.25) is 14.5 Å². The molecule has 1 aromatic rings. The summed E-state index contributed by atoms with van der Waals surface area (Å²) >= 11 is 3.30. The molecule has 2 rings (SSSR count). The van der Waals surface area contributed by atoms with Gasteiger partial charge in [-0.05, 0) is 25.0 Å². The van der Waals surface area contributed by atoms with Gasteiger partial charge in [0.1, 0.15) is 5.54 Å². The summed E-state index contributed by atoms with van der Waals surface area (Å²) in [4.78, 5) is 37.6. The minimum absolute atomic E-state index is 0.228. The Kier molecular flexibility index (Phi) is 4.46. The summed E-state index contributed by atoms with van der Waals surface area (Å²) in [7, 11) is 0. The topological polar surface area (TPSA) is 66.5 Å². The molecule has 0 aliphatic carbocycles. The lowest BCUT2D eigenvalue weighted by molar-refractivity contribution is -0.131. The average Bonchev–Trinajstić information content (AvgIpc) is 2.72. The predicted molar refractivity (Wildman–Crippen MR) is 82.0 cm³/mol. The van der Waals surface area contributed by atoms with Crippen molar-refractivity contribution in [1.29, 1.82) is 0 Å². The van der Waals surface area contributed by atoms with Gasteiger partial charge in [0.25, 0.3) is 5.91 Å². The maximum absolute atomic E-state index is 12.4. The highest BCUT2D eigenvalue weighted by molar-refractivity contribution is 9.10. The van der Waals surface area contributed by atoms with Gasteiger partial charge in [-0.2, -0.15) is 0 Å². The van der Waals surface area contributed by atoms with E-state index < -0.39 is 11.6 Å². The van der Waals surface area contributed by atoms with E-state index in [4.69, 9.17) is 0 Å². The number of imide groups is 1. The summed E-state index contributed by atoms with van der Waals surface area (Å²) < 4.78 is 0.866. The first-order valence-corrected chi connectivity index (χ1v) is 7.65. The van der Waals surface area contributed by atoms with E-state index in [0.717, 1.165) is 9.37 Å².